The van der Waals surface area contributed by atoms with Crippen LogP contribution in [-0.2, 0) is 9.53 Å². The minimum atomic E-state index is -0.998. The highest BCUT2D eigenvalue weighted by Crippen LogP contribution is 2.31. The van der Waals surface area contributed by atoms with Crippen molar-refractivity contribution in [2.24, 2.45) is 0 Å². The van der Waals surface area contributed by atoms with Gasteiger partial charge in [-0.15, -0.1) is 0 Å². The van der Waals surface area contributed by atoms with Crippen molar-refractivity contribution in [3.63, 3.8) is 0 Å². The summed E-state index contributed by atoms with van der Waals surface area (Å²) in [6.07, 6.45) is 5.28. The maximum atomic E-state index is 10.9. The number of hydrogen-bond acceptors (Lipinski definition) is 8. The number of rotatable bonds is 9. The summed E-state index contributed by atoms with van der Waals surface area (Å²) in [5, 5.41) is 15.6. The van der Waals surface area contributed by atoms with Gasteiger partial charge >= 0.3 is 5.97 Å². The van der Waals surface area contributed by atoms with Crippen LogP contribution in [0.1, 0.15) is 12.0 Å². The second-order valence-corrected chi connectivity index (χ2v) is 7.68. The molecule has 0 radical (unpaired) electrons. The molecule has 0 amide bonds. The summed E-state index contributed by atoms with van der Waals surface area (Å²) in [6, 6.07) is 13.1. The van der Waals surface area contributed by atoms with Crippen molar-refractivity contribution in [3.05, 3.63) is 60.3 Å². The van der Waals surface area contributed by atoms with Gasteiger partial charge < -0.3 is 30.0 Å². The van der Waals surface area contributed by atoms with Gasteiger partial charge in [0, 0.05) is 48.3 Å². The number of anilines is 3. The highest BCUT2D eigenvalue weighted by atomic mass is 16.5. The second-order valence-electron chi connectivity index (χ2n) is 7.68. The molecule has 1 aliphatic heterocycles. The van der Waals surface area contributed by atoms with Crippen molar-refractivity contribution in [2.75, 3.05) is 38.1 Å². The van der Waals surface area contributed by atoms with Gasteiger partial charge in [0.15, 0.2) is 0 Å². The SMILES string of the molecule is COc1cc(Nc2ncc(-c3cccc(C=CC(=O)O)c3)c(N[C@@H]3CCOC3)n2)cc(OC)c1. The minimum absolute atomic E-state index is 0.133. The van der Waals surface area contributed by atoms with Gasteiger partial charge in [-0.1, -0.05) is 18.2 Å². The number of methoxy groups -OCH3 is 2. The summed E-state index contributed by atoms with van der Waals surface area (Å²) in [6.45, 7) is 1.29. The summed E-state index contributed by atoms with van der Waals surface area (Å²) in [5.74, 6) is 1.35. The molecule has 9 nitrogen and oxygen atoms in total. The van der Waals surface area contributed by atoms with E-state index in [4.69, 9.17) is 24.3 Å². The van der Waals surface area contributed by atoms with E-state index in [1.54, 1.807) is 32.6 Å². The van der Waals surface area contributed by atoms with Crippen molar-refractivity contribution in [1.29, 1.82) is 0 Å². The number of carbonyl (C=O) groups is 1. The Kier molecular flexibility index (Phi) is 7.24. The van der Waals surface area contributed by atoms with Crippen LogP contribution in [0.2, 0.25) is 0 Å². The van der Waals surface area contributed by atoms with E-state index >= 15 is 0 Å². The third kappa shape index (κ3) is 5.81. The second kappa shape index (κ2) is 10.7. The molecule has 2 heterocycles. The number of aliphatic carboxylic acids is 1. The predicted molar refractivity (Wildman–Crippen MR) is 130 cm³/mol. The van der Waals surface area contributed by atoms with Crippen LogP contribution in [0.4, 0.5) is 17.5 Å². The highest BCUT2D eigenvalue weighted by Gasteiger charge is 2.19. The Labute approximate surface area is 197 Å². The van der Waals surface area contributed by atoms with Crippen LogP contribution >= 0.6 is 0 Å². The lowest BCUT2D eigenvalue weighted by atomic mass is 10.0. The zero-order valence-corrected chi connectivity index (χ0v) is 18.9. The average Bonchev–Trinajstić information content (AvgIpc) is 3.36. The van der Waals surface area contributed by atoms with Crippen molar-refractivity contribution in [1.82, 2.24) is 9.97 Å². The molecular weight excluding hydrogens is 436 g/mol. The van der Waals surface area contributed by atoms with Gasteiger partial charge in [0.2, 0.25) is 5.95 Å². The fourth-order valence-corrected chi connectivity index (χ4v) is 3.59. The van der Waals surface area contributed by atoms with Crippen molar-refractivity contribution in [3.8, 4) is 22.6 Å². The molecular formula is C25H26N4O5. The van der Waals surface area contributed by atoms with Gasteiger partial charge in [-0.2, -0.15) is 4.98 Å². The number of nitrogens with zero attached hydrogens (tertiary/aromatic N) is 2. The summed E-state index contributed by atoms with van der Waals surface area (Å²) in [7, 11) is 3.19. The zero-order valence-electron chi connectivity index (χ0n) is 18.9. The van der Waals surface area contributed by atoms with Crippen molar-refractivity contribution in [2.45, 2.75) is 12.5 Å². The number of hydrogen-bond donors (Lipinski definition) is 3. The first kappa shape index (κ1) is 23.1. The molecule has 0 saturated carbocycles. The van der Waals surface area contributed by atoms with E-state index in [0.29, 0.717) is 36.5 Å². The van der Waals surface area contributed by atoms with Gasteiger partial charge in [0.05, 0.1) is 26.9 Å². The van der Waals surface area contributed by atoms with E-state index in [-0.39, 0.29) is 6.04 Å². The van der Waals surface area contributed by atoms with Crippen LogP contribution in [0.15, 0.2) is 54.7 Å². The van der Waals surface area contributed by atoms with Crippen molar-refractivity contribution < 1.29 is 24.1 Å². The molecule has 3 aromatic rings. The molecule has 9 heteroatoms. The fourth-order valence-electron chi connectivity index (χ4n) is 3.59. The van der Waals surface area contributed by atoms with Crippen LogP contribution in [0.3, 0.4) is 0 Å². The molecule has 1 atom stereocenters. The molecule has 0 spiro atoms. The Bertz CT molecular complexity index is 1170. The van der Waals surface area contributed by atoms with Crippen LogP contribution in [0, 0.1) is 0 Å². The van der Waals surface area contributed by atoms with Gasteiger partial charge in [-0.3, -0.25) is 0 Å². The first-order chi connectivity index (χ1) is 16.5. The van der Waals surface area contributed by atoms with E-state index < -0.39 is 5.97 Å². The maximum absolute atomic E-state index is 10.9. The Morgan fingerprint density at radius 1 is 1.18 bits per heavy atom. The average molecular weight is 463 g/mol. The molecule has 34 heavy (non-hydrogen) atoms. The van der Waals surface area contributed by atoms with Crippen molar-refractivity contribution >= 4 is 29.5 Å². The smallest absolute Gasteiger partial charge is 0.328 e. The first-order valence-electron chi connectivity index (χ1n) is 10.8. The zero-order chi connectivity index (χ0) is 23.9. The monoisotopic (exact) mass is 462 g/mol. The standard InChI is InChI=1S/C25H26N4O5/c1-32-20-11-19(12-21(13-20)33-2)28-25-26-14-22(24(29-25)27-18-8-9-34-15-18)17-5-3-4-16(10-17)6-7-23(30)31/h3-7,10-14,18H,8-9,15H2,1-2H3,(H,30,31)(H2,26,27,28,29)/t18-/m1/s1. The molecule has 1 fully saturated rings. The molecule has 0 unspecified atom stereocenters. The molecule has 1 aliphatic rings. The van der Waals surface area contributed by atoms with E-state index in [2.05, 4.69) is 15.6 Å². The lowest BCUT2D eigenvalue weighted by Gasteiger charge is -2.17. The van der Waals surface area contributed by atoms with Gasteiger partial charge in [0.25, 0.3) is 0 Å². The lowest BCUT2D eigenvalue weighted by Crippen LogP contribution is -2.20. The minimum Gasteiger partial charge on any atom is -0.497 e. The predicted octanol–water partition coefficient (Wildman–Crippen LogP) is 4.20. The van der Waals surface area contributed by atoms with E-state index in [0.717, 1.165) is 34.9 Å². The Morgan fingerprint density at radius 2 is 1.97 bits per heavy atom. The summed E-state index contributed by atoms with van der Waals surface area (Å²) in [4.78, 5) is 20.1. The third-order valence-corrected chi connectivity index (χ3v) is 5.28. The van der Waals surface area contributed by atoms with Gasteiger partial charge in [-0.05, 0) is 29.7 Å². The van der Waals surface area contributed by atoms with Crippen LogP contribution < -0.4 is 20.1 Å². The van der Waals surface area contributed by atoms with E-state index in [1.807, 2.05) is 36.4 Å². The summed E-state index contributed by atoms with van der Waals surface area (Å²) < 4.78 is 16.2. The molecule has 1 saturated heterocycles. The number of aromatic nitrogens is 2. The largest absolute Gasteiger partial charge is 0.497 e. The molecule has 1 aromatic heterocycles. The molecule has 3 N–H and O–H groups in total. The maximum Gasteiger partial charge on any atom is 0.328 e. The quantitative estimate of drug-likeness (QED) is 0.402. The summed E-state index contributed by atoms with van der Waals surface area (Å²) >= 11 is 0. The first-order valence-corrected chi connectivity index (χ1v) is 10.8. The number of carboxylic acid groups (broad SMARTS) is 1. The Hall–Kier alpha value is -4.11. The number of carboxylic acids is 1. The van der Waals surface area contributed by atoms with Gasteiger partial charge in [0.1, 0.15) is 17.3 Å². The lowest BCUT2D eigenvalue weighted by molar-refractivity contribution is -0.131. The number of benzene rings is 2. The normalized spacial score (nSPS) is 15.3. The molecule has 4 rings (SSSR count). The summed E-state index contributed by atoms with van der Waals surface area (Å²) in [5.41, 5.74) is 3.15. The van der Waals surface area contributed by atoms with Gasteiger partial charge in [-0.25, -0.2) is 9.78 Å². The van der Waals surface area contributed by atoms with Crippen LogP contribution in [-0.4, -0.2) is 54.5 Å². The fraction of sp³-hybridized carbons (Fsp3) is 0.240. The number of nitrogens with one attached hydrogen (secondary N) is 2. The van der Waals surface area contributed by atoms with Crippen LogP contribution in [0.25, 0.3) is 17.2 Å². The molecule has 2 aromatic carbocycles. The Morgan fingerprint density at radius 3 is 2.65 bits per heavy atom. The highest BCUT2D eigenvalue weighted by molar-refractivity contribution is 5.86. The van der Waals surface area contributed by atoms with E-state index in [9.17, 15) is 4.79 Å². The molecule has 0 bridgehead atoms. The third-order valence-electron chi connectivity index (χ3n) is 5.28. The molecule has 176 valence electrons. The molecule has 0 aliphatic carbocycles. The topological polar surface area (TPSA) is 115 Å². The van der Waals surface area contributed by atoms with Crippen LogP contribution in [0.5, 0.6) is 11.5 Å². The Balaban J connectivity index is 1.68. The number of ether oxygens (including phenoxy) is 3. The van der Waals surface area contributed by atoms with E-state index in [1.165, 1.54) is 0 Å².